The molecule has 8 heteroatoms. The van der Waals surface area contributed by atoms with Gasteiger partial charge < -0.3 is 5.11 Å². The molecule has 0 spiro atoms. The van der Waals surface area contributed by atoms with Gasteiger partial charge in [-0.3, -0.25) is 12.4 Å². The van der Waals surface area contributed by atoms with Gasteiger partial charge >= 0.3 is 16.1 Å². The number of allylic oxidation sites excluding steroid dienone is 2. The second-order valence-corrected chi connectivity index (χ2v) is 4.86. The lowest BCUT2D eigenvalue weighted by Gasteiger charge is -2.29. The van der Waals surface area contributed by atoms with E-state index in [0.29, 0.717) is 0 Å². The molecule has 6 nitrogen and oxygen atoms in total. The fourth-order valence-corrected chi connectivity index (χ4v) is 3.15. The van der Waals surface area contributed by atoms with E-state index in [4.69, 9.17) is 9.66 Å². The van der Waals surface area contributed by atoms with E-state index in [1.165, 1.54) is 35.2 Å². The Balaban J connectivity index is 3.35. The van der Waals surface area contributed by atoms with E-state index in [1.54, 1.807) is 0 Å². The number of aliphatic carboxylic acids is 1. The van der Waals surface area contributed by atoms with E-state index in [9.17, 15) is 13.2 Å². The quantitative estimate of drug-likeness (QED) is 0.578. The SMILES string of the molecule is O=C(O)C1C=CC=CC1(OI)S(=O)(=O)O. The Hall–Kier alpha value is -0.450. The molecule has 1 rings (SSSR count). The Morgan fingerprint density at radius 1 is 1.47 bits per heavy atom. The van der Waals surface area contributed by atoms with Crippen LogP contribution < -0.4 is 0 Å². The number of carboxylic acid groups (broad SMARTS) is 1. The molecular weight excluding hydrogens is 339 g/mol. The molecule has 1 aliphatic carbocycles. The van der Waals surface area contributed by atoms with Gasteiger partial charge in [-0.25, -0.2) is 0 Å². The van der Waals surface area contributed by atoms with Gasteiger partial charge in [0, 0.05) is 0 Å². The number of carboxylic acids is 1. The minimum atomic E-state index is -4.68. The van der Waals surface area contributed by atoms with E-state index in [0.717, 1.165) is 12.2 Å². The molecule has 0 aromatic rings. The first kappa shape index (κ1) is 12.6. The summed E-state index contributed by atoms with van der Waals surface area (Å²) in [6, 6.07) is 0. The van der Waals surface area contributed by atoms with E-state index >= 15 is 0 Å². The van der Waals surface area contributed by atoms with Gasteiger partial charge in [-0.05, 0) is 6.08 Å². The zero-order chi connectivity index (χ0) is 11.7. The molecule has 2 N–H and O–H groups in total. The fraction of sp³-hybridized carbons (Fsp3) is 0.286. The minimum absolute atomic E-state index is 0.994. The molecule has 15 heavy (non-hydrogen) atoms. The summed E-state index contributed by atoms with van der Waals surface area (Å²) < 4.78 is 35.9. The third-order valence-electron chi connectivity index (χ3n) is 1.97. The molecule has 2 atom stereocenters. The Morgan fingerprint density at radius 2 is 2.07 bits per heavy atom. The van der Waals surface area contributed by atoms with Crippen molar-refractivity contribution in [3.8, 4) is 0 Å². The summed E-state index contributed by atoms with van der Waals surface area (Å²) in [5, 5.41) is 8.82. The van der Waals surface area contributed by atoms with Crippen LogP contribution in [0.3, 0.4) is 0 Å². The molecule has 0 bridgehead atoms. The second kappa shape index (κ2) is 4.20. The van der Waals surface area contributed by atoms with Crippen LogP contribution in [0.25, 0.3) is 0 Å². The molecule has 0 amide bonds. The number of carbonyl (C=O) groups is 1. The highest BCUT2D eigenvalue weighted by atomic mass is 127. The van der Waals surface area contributed by atoms with Crippen LogP contribution in [0.2, 0.25) is 0 Å². The third-order valence-corrected chi connectivity index (χ3v) is 4.27. The van der Waals surface area contributed by atoms with E-state index in [-0.39, 0.29) is 0 Å². The summed E-state index contributed by atoms with van der Waals surface area (Å²) in [6.07, 6.45) is 4.80. The van der Waals surface area contributed by atoms with Gasteiger partial charge in [-0.2, -0.15) is 8.42 Å². The van der Waals surface area contributed by atoms with Crippen LogP contribution in [0, 0.1) is 5.92 Å². The highest BCUT2D eigenvalue weighted by Gasteiger charge is 2.52. The van der Waals surface area contributed by atoms with Gasteiger partial charge in [0.05, 0.1) is 0 Å². The number of halogens is 1. The average Bonchev–Trinajstić information content (AvgIpc) is 2.15. The monoisotopic (exact) mass is 346 g/mol. The molecular formula is C7H7IO6S. The molecule has 0 aromatic carbocycles. The molecule has 2 unspecified atom stereocenters. The van der Waals surface area contributed by atoms with Crippen LogP contribution in [0.1, 0.15) is 0 Å². The summed E-state index contributed by atoms with van der Waals surface area (Å²) in [7, 11) is -4.68. The Bertz CT molecular complexity index is 425. The number of hydrogen-bond acceptors (Lipinski definition) is 4. The van der Waals surface area contributed by atoms with Crippen LogP contribution in [0.15, 0.2) is 24.3 Å². The lowest BCUT2D eigenvalue weighted by atomic mass is 9.97. The first-order valence-corrected chi connectivity index (χ1v) is 6.03. The van der Waals surface area contributed by atoms with Crippen molar-refractivity contribution in [2.24, 2.45) is 5.92 Å². The molecule has 0 aromatic heterocycles. The molecule has 0 saturated carbocycles. The molecule has 0 heterocycles. The predicted octanol–water partition coefficient (Wildman–Crippen LogP) is 0.764. The van der Waals surface area contributed by atoms with Crippen molar-refractivity contribution in [2.75, 3.05) is 0 Å². The van der Waals surface area contributed by atoms with Crippen LogP contribution in [0.5, 0.6) is 0 Å². The van der Waals surface area contributed by atoms with Crippen molar-refractivity contribution >= 4 is 39.1 Å². The van der Waals surface area contributed by atoms with E-state index in [1.807, 2.05) is 0 Å². The van der Waals surface area contributed by atoms with Crippen molar-refractivity contribution in [3.05, 3.63) is 24.3 Å². The van der Waals surface area contributed by atoms with Crippen molar-refractivity contribution in [2.45, 2.75) is 4.93 Å². The smallest absolute Gasteiger partial charge is 0.314 e. The minimum Gasteiger partial charge on any atom is -0.481 e. The summed E-state index contributed by atoms with van der Waals surface area (Å²) in [5.74, 6) is -2.88. The van der Waals surface area contributed by atoms with Crippen LogP contribution >= 0.6 is 23.0 Å². The van der Waals surface area contributed by atoms with Crippen molar-refractivity contribution in [1.29, 1.82) is 0 Å². The number of hydrogen-bond donors (Lipinski definition) is 2. The Morgan fingerprint density at radius 3 is 2.40 bits per heavy atom. The molecule has 1 aliphatic rings. The summed E-state index contributed by atoms with van der Waals surface area (Å²) in [4.78, 5) is 8.58. The standard InChI is InChI=1S/C7H7IO6S/c8-14-7(15(11,12)13)4-2-1-3-5(7)6(9)10/h1-5H,(H,9,10)(H,11,12,13). The lowest BCUT2D eigenvalue weighted by Crippen LogP contribution is -2.47. The first-order chi connectivity index (χ1) is 6.85. The predicted molar refractivity (Wildman–Crippen MR) is 58.8 cm³/mol. The van der Waals surface area contributed by atoms with Gasteiger partial charge in [0.25, 0.3) is 0 Å². The van der Waals surface area contributed by atoms with E-state index in [2.05, 4.69) is 3.07 Å². The van der Waals surface area contributed by atoms with Gasteiger partial charge in [-0.1, -0.05) is 18.2 Å². The second-order valence-electron chi connectivity index (χ2n) is 2.83. The maximum atomic E-state index is 11.1. The normalized spacial score (nSPS) is 30.4. The highest BCUT2D eigenvalue weighted by molar-refractivity contribution is 14.1. The first-order valence-electron chi connectivity index (χ1n) is 3.71. The van der Waals surface area contributed by atoms with Crippen LogP contribution in [-0.4, -0.2) is 29.0 Å². The van der Waals surface area contributed by atoms with Crippen molar-refractivity contribution in [3.63, 3.8) is 0 Å². The fourth-order valence-electron chi connectivity index (χ4n) is 1.22. The number of rotatable bonds is 3. The van der Waals surface area contributed by atoms with Crippen molar-refractivity contribution in [1.82, 2.24) is 0 Å². The Kier molecular flexibility index (Phi) is 3.53. The highest BCUT2D eigenvalue weighted by Crippen LogP contribution is 2.35. The third kappa shape index (κ3) is 2.07. The lowest BCUT2D eigenvalue weighted by molar-refractivity contribution is -0.142. The van der Waals surface area contributed by atoms with Crippen LogP contribution in [0.4, 0.5) is 0 Å². The summed E-state index contributed by atoms with van der Waals surface area (Å²) >= 11 is 1.25. The van der Waals surface area contributed by atoms with Crippen molar-refractivity contribution < 1.29 is 25.9 Å². The van der Waals surface area contributed by atoms with Gasteiger partial charge in [0.1, 0.15) is 28.9 Å². The Labute approximate surface area is 100 Å². The van der Waals surface area contributed by atoms with Gasteiger partial charge in [0.15, 0.2) is 0 Å². The maximum absolute atomic E-state index is 11.1. The molecule has 0 aliphatic heterocycles. The average molecular weight is 346 g/mol. The molecule has 0 fully saturated rings. The molecule has 0 saturated heterocycles. The summed E-state index contributed by atoms with van der Waals surface area (Å²) in [6.45, 7) is 0. The maximum Gasteiger partial charge on any atom is 0.314 e. The zero-order valence-corrected chi connectivity index (χ0v) is 10.2. The van der Waals surface area contributed by atoms with Gasteiger partial charge in [0.2, 0.25) is 4.93 Å². The van der Waals surface area contributed by atoms with Gasteiger partial charge in [-0.15, -0.1) is 0 Å². The molecule has 84 valence electrons. The van der Waals surface area contributed by atoms with E-state index < -0.39 is 26.9 Å². The largest absolute Gasteiger partial charge is 0.481 e. The van der Waals surface area contributed by atoms with Crippen LogP contribution in [-0.2, 0) is 18.0 Å². The molecule has 0 radical (unpaired) electrons. The summed E-state index contributed by atoms with van der Waals surface area (Å²) in [5.41, 5.74) is 0. The topological polar surface area (TPSA) is 101 Å². The zero-order valence-electron chi connectivity index (χ0n) is 7.20.